The predicted octanol–water partition coefficient (Wildman–Crippen LogP) is 3.46. The minimum Gasteiger partial charge on any atom is -0.392 e. The maximum Gasteiger partial charge on any atom is 0.0622 e. The Labute approximate surface area is 103 Å². The van der Waals surface area contributed by atoms with Crippen LogP contribution in [-0.4, -0.2) is 11.2 Å². The second-order valence-electron chi connectivity index (χ2n) is 4.84. The molecule has 1 heterocycles. The molecule has 0 spiro atoms. The quantitative estimate of drug-likeness (QED) is 0.902. The second kappa shape index (κ2) is 3.86. The molecule has 0 saturated heterocycles. The standard InChI is InChI=1S/C12H15BrOS/c13-7-4-8(15-6-7)5-11(14)12-9-2-1-3-10(9)12/h4,6,9-12,14H,1-3,5H2. The van der Waals surface area contributed by atoms with Gasteiger partial charge in [-0.15, -0.1) is 11.3 Å². The Morgan fingerprint density at radius 3 is 2.80 bits per heavy atom. The zero-order chi connectivity index (χ0) is 10.4. The van der Waals surface area contributed by atoms with Crippen molar-refractivity contribution in [2.75, 3.05) is 0 Å². The van der Waals surface area contributed by atoms with Crippen LogP contribution in [0.4, 0.5) is 0 Å². The van der Waals surface area contributed by atoms with E-state index in [4.69, 9.17) is 0 Å². The van der Waals surface area contributed by atoms with Crippen molar-refractivity contribution in [1.82, 2.24) is 0 Å². The third kappa shape index (κ3) is 1.90. The average molecular weight is 287 g/mol. The fraction of sp³-hybridized carbons (Fsp3) is 0.667. The van der Waals surface area contributed by atoms with Gasteiger partial charge in [0.25, 0.3) is 0 Å². The Morgan fingerprint density at radius 2 is 2.20 bits per heavy atom. The minimum atomic E-state index is -0.0918. The lowest BCUT2D eigenvalue weighted by molar-refractivity contribution is 0.136. The molecule has 3 unspecified atom stereocenters. The van der Waals surface area contributed by atoms with E-state index in [2.05, 4.69) is 27.4 Å². The van der Waals surface area contributed by atoms with E-state index in [9.17, 15) is 5.11 Å². The highest BCUT2D eigenvalue weighted by Gasteiger charge is 2.55. The van der Waals surface area contributed by atoms with Crippen LogP contribution in [0.15, 0.2) is 15.9 Å². The topological polar surface area (TPSA) is 20.2 Å². The van der Waals surface area contributed by atoms with Crippen LogP contribution in [0, 0.1) is 17.8 Å². The molecule has 2 saturated carbocycles. The van der Waals surface area contributed by atoms with Gasteiger partial charge >= 0.3 is 0 Å². The van der Waals surface area contributed by atoms with E-state index in [0.717, 1.165) is 22.7 Å². The number of halogens is 1. The van der Waals surface area contributed by atoms with Crippen molar-refractivity contribution >= 4 is 27.3 Å². The number of fused-ring (bicyclic) bond motifs is 1. The molecule has 0 bridgehead atoms. The lowest BCUT2D eigenvalue weighted by Gasteiger charge is -2.10. The van der Waals surface area contributed by atoms with Gasteiger partial charge < -0.3 is 5.11 Å². The van der Waals surface area contributed by atoms with E-state index in [-0.39, 0.29) is 6.10 Å². The molecule has 0 radical (unpaired) electrons. The van der Waals surface area contributed by atoms with Gasteiger partial charge in [-0.2, -0.15) is 0 Å². The van der Waals surface area contributed by atoms with Crippen molar-refractivity contribution in [2.24, 2.45) is 17.8 Å². The van der Waals surface area contributed by atoms with Gasteiger partial charge in [0.05, 0.1) is 6.10 Å². The summed E-state index contributed by atoms with van der Waals surface area (Å²) in [6.45, 7) is 0. The third-order valence-corrected chi connectivity index (χ3v) is 5.67. The van der Waals surface area contributed by atoms with Gasteiger partial charge in [-0.1, -0.05) is 6.42 Å². The second-order valence-corrected chi connectivity index (χ2v) is 6.75. The highest BCUT2D eigenvalue weighted by Crippen LogP contribution is 2.59. The molecule has 0 aliphatic heterocycles. The van der Waals surface area contributed by atoms with Crippen LogP contribution in [0.25, 0.3) is 0 Å². The highest BCUT2D eigenvalue weighted by molar-refractivity contribution is 9.10. The molecule has 0 aromatic carbocycles. The minimum absolute atomic E-state index is 0.0918. The van der Waals surface area contributed by atoms with Gasteiger partial charge in [-0.25, -0.2) is 0 Å². The third-order valence-electron chi connectivity index (χ3n) is 3.95. The summed E-state index contributed by atoms with van der Waals surface area (Å²) in [5.41, 5.74) is 0. The smallest absolute Gasteiger partial charge is 0.0622 e. The number of rotatable bonds is 3. The van der Waals surface area contributed by atoms with E-state index in [1.165, 1.54) is 24.1 Å². The van der Waals surface area contributed by atoms with Crippen LogP contribution in [-0.2, 0) is 6.42 Å². The predicted molar refractivity (Wildman–Crippen MR) is 66.1 cm³/mol. The lowest BCUT2D eigenvalue weighted by Crippen LogP contribution is -2.15. The summed E-state index contributed by atoms with van der Waals surface area (Å²) in [5.74, 6) is 2.35. The Bertz CT molecular complexity index is 352. The molecule has 0 amide bonds. The average Bonchev–Trinajstić information content (AvgIpc) is 2.60. The highest BCUT2D eigenvalue weighted by atomic mass is 79.9. The van der Waals surface area contributed by atoms with Gasteiger partial charge in [-0.3, -0.25) is 0 Å². The van der Waals surface area contributed by atoms with Gasteiger partial charge in [0, 0.05) is 21.2 Å². The van der Waals surface area contributed by atoms with Gasteiger partial charge in [0.15, 0.2) is 0 Å². The summed E-state index contributed by atoms with van der Waals surface area (Å²) < 4.78 is 1.14. The van der Waals surface area contributed by atoms with E-state index in [1.54, 1.807) is 11.3 Å². The summed E-state index contributed by atoms with van der Waals surface area (Å²) in [4.78, 5) is 1.30. The van der Waals surface area contributed by atoms with Crippen LogP contribution < -0.4 is 0 Å². The van der Waals surface area contributed by atoms with Crippen LogP contribution in [0.3, 0.4) is 0 Å². The lowest BCUT2D eigenvalue weighted by atomic mass is 10.0. The first-order valence-electron chi connectivity index (χ1n) is 5.66. The Kier molecular flexibility index (Phi) is 2.65. The molecular formula is C12H15BrOS. The summed E-state index contributed by atoms with van der Waals surface area (Å²) in [6.07, 6.45) is 4.88. The normalized spacial score (nSPS) is 35.2. The molecule has 3 heteroatoms. The first kappa shape index (κ1) is 10.3. The molecule has 3 rings (SSSR count). The number of aliphatic hydroxyl groups is 1. The van der Waals surface area contributed by atoms with Crippen LogP contribution in [0.1, 0.15) is 24.1 Å². The van der Waals surface area contributed by atoms with E-state index >= 15 is 0 Å². The summed E-state index contributed by atoms with van der Waals surface area (Å²) in [6, 6.07) is 2.13. The number of hydrogen-bond donors (Lipinski definition) is 1. The van der Waals surface area contributed by atoms with Crippen LogP contribution in [0.2, 0.25) is 0 Å². The molecule has 2 aliphatic carbocycles. The Balaban J connectivity index is 1.60. The largest absolute Gasteiger partial charge is 0.392 e. The Hall–Kier alpha value is 0.140. The monoisotopic (exact) mass is 286 g/mol. The van der Waals surface area contributed by atoms with Gasteiger partial charge in [0.1, 0.15) is 0 Å². The van der Waals surface area contributed by atoms with E-state index in [0.29, 0.717) is 5.92 Å². The molecule has 1 aromatic rings. The number of aliphatic hydroxyl groups excluding tert-OH is 1. The summed E-state index contributed by atoms with van der Waals surface area (Å²) in [5, 5.41) is 12.2. The number of thiophene rings is 1. The van der Waals surface area contributed by atoms with Gasteiger partial charge in [0.2, 0.25) is 0 Å². The fourth-order valence-corrected chi connectivity index (χ4v) is 4.75. The van der Waals surface area contributed by atoms with Crippen molar-refractivity contribution in [3.8, 4) is 0 Å². The first-order valence-corrected chi connectivity index (χ1v) is 7.34. The summed E-state index contributed by atoms with van der Waals surface area (Å²) in [7, 11) is 0. The Morgan fingerprint density at radius 1 is 1.47 bits per heavy atom. The zero-order valence-corrected chi connectivity index (χ0v) is 10.9. The molecule has 2 aliphatic rings. The maximum absolute atomic E-state index is 10.1. The molecule has 15 heavy (non-hydrogen) atoms. The molecule has 1 nitrogen and oxygen atoms in total. The van der Waals surface area contributed by atoms with E-state index < -0.39 is 0 Å². The maximum atomic E-state index is 10.1. The number of hydrogen-bond acceptors (Lipinski definition) is 2. The first-order chi connectivity index (χ1) is 7.25. The van der Waals surface area contributed by atoms with Crippen molar-refractivity contribution in [2.45, 2.75) is 31.8 Å². The zero-order valence-electron chi connectivity index (χ0n) is 8.53. The van der Waals surface area contributed by atoms with E-state index in [1.807, 2.05) is 0 Å². The van der Waals surface area contributed by atoms with Crippen LogP contribution >= 0.6 is 27.3 Å². The van der Waals surface area contributed by atoms with Crippen LogP contribution in [0.5, 0.6) is 0 Å². The molecule has 3 atom stereocenters. The molecule has 1 N–H and O–H groups in total. The molecule has 82 valence electrons. The summed E-state index contributed by atoms with van der Waals surface area (Å²) >= 11 is 5.20. The van der Waals surface area contributed by atoms with Crippen molar-refractivity contribution in [3.63, 3.8) is 0 Å². The molecule has 1 aromatic heterocycles. The SMILES string of the molecule is OC(Cc1cc(Br)cs1)C1C2CCCC21. The molecule has 2 fully saturated rings. The van der Waals surface area contributed by atoms with Gasteiger partial charge in [-0.05, 0) is 52.6 Å². The van der Waals surface area contributed by atoms with Crippen molar-refractivity contribution in [3.05, 3.63) is 20.8 Å². The molecular weight excluding hydrogens is 272 g/mol. The fourth-order valence-electron chi connectivity index (χ4n) is 3.25. The van der Waals surface area contributed by atoms with Crippen molar-refractivity contribution in [1.29, 1.82) is 0 Å². The van der Waals surface area contributed by atoms with Crippen molar-refractivity contribution < 1.29 is 5.11 Å².